The summed E-state index contributed by atoms with van der Waals surface area (Å²) in [7, 11) is -1.61. The topological polar surface area (TPSA) is 53.4 Å². The minimum Gasteiger partial charge on any atom is -0.423 e. The van der Waals surface area contributed by atoms with E-state index in [0.29, 0.717) is 0 Å². The molecule has 1 heterocycles. The monoisotopic (exact) mass is 219 g/mol. The van der Waals surface area contributed by atoms with E-state index in [9.17, 15) is 4.39 Å². The highest BCUT2D eigenvalue weighted by atomic mass is 79.9. The predicted molar refractivity (Wildman–Crippen MR) is 41.7 cm³/mol. The largest absolute Gasteiger partial charge is 0.490 e. The molecule has 1 aromatic heterocycles. The molecule has 1 aromatic rings. The Morgan fingerprint density at radius 3 is 2.64 bits per heavy atom. The van der Waals surface area contributed by atoms with Gasteiger partial charge in [0.15, 0.2) is 0 Å². The highest BCUT2D eigenvalue weighted by Crippen LogP contribution is 2.09. The van der Waals surface area contributed by atoms with Gasteiger partial charge in [-0.1, -0.05) is 0 Å². The van der Waals surface area contributed by atoms with Crippen molar-refractivity contribution in [1.29, 1.82) is 0 Å². The number of nitrogens with zero attached hydrogens (tertiary/aromatic N) is 1. The average Bonchev–Trinajstić information content (AvgIpc) is 1.94. The minimum absolute atomic E-state index is 0.114. The van der Waals surface area contributed by atoms with E-state index in [1.165, 1.54) is 6.07 Å². The highest BCUT2D eigenvalue weighted by Gasteiger charge is 2.12. The van der Waals surface area contributed by atoms with Gasteiger partial charge in [0.05, 0.1) is 4.47 Å². The van der Waals surface area contributed by atoms with E-state index in [0.717, 1.165) is 6.20 Å². The van der Waals surface area contributed by atoms with Gasteiger partial charge >= 0.3 is 7.12 Å². The molecule has 0 bridgehead atoms. The molecule has 0 aliphatic carbocycles. The van der Waals surface area contributed by atoms with E-state index in [-0.39, 0.29) is 9.94 Å². The molecule has 2 N–H and O–H groups in total. The standard InChI is InChI=1S/C5H4BBrFNO2/c7-4-1-3(6(10)11)2-9-5(4)8/h1-2,10-11H. The second-order valence-corrected chi connectivity index (χ2v) is 2.77. The lowest BCUT2D eigenvalue weighted by Crippen LogP contribution is -2.30. The van der Waals surface area contributed by atoms with Crippen molar-refractivity contribution in [3.05, 3.63) is 22.7 Å². The summed E-state index contributed by atoms with van der Waals surface area (Å²) in [5, 5.41) is 17.2. The molecule has 0 atom stereocenters. The number of hydrogen-bond donors (Lipinski definition) is 2. The lowest BCUT2D eigenvalue weighted by molar-refractivity contribution is 0.425. The Kier molecular flexibility index (Phi) is 2.59. The maximum atomic E-state index is 12.4. The van der Waals surface area contributed by atoms with Gasteiger partial charge in [-0.25, -0.2) is 4.98 Å². The summed E-state index contributed by atoms with van der Waals surface area (Å²) in [4.78, 5) is 3.27. The van der Waals surface area contributed by atoms with E-state index in [4.69, 9.17) is 10.0 Å². The van der Waals surface area contributed by atoms with Crippen LogP contribution in [0.15, 0.2) is 16.7 Å². The summed E-state index contributed by atoms with van der Waals surface area (Å²) in [5.41, 5.74) is 0.151. The molecule has 0 unspecified atom stereocenters. The number of halogens is 2. The van der Waals surface area contributed by atoms with Crippen LogP contribution < -0.4 is 5.46 Å². The molecule has 11 heavy (non-hydrogen) atoms. The molecule has 0 fully saturated rings. The van der Waals surface area contributed by atoms with Crippen molar-refractivity contribution in [2.45, 2.75) is 0 Å². The Morgan fingerprint density at radius 2 is 2.18 bits per heavy atom. The molecule has 6 heteroatoms. The van der Waals surface area contributed by atoms with E-state index < -0.39 is 13.1 Å². The quantitative estimate of drug-likeness (QED) is 0.502. The molecule has 0 saturated heterocycles. The van der Waals surface area contributed by atoms with Gasteiger partial charge in [0.2, 0.25) is 5.95 Å². The van der Waals surface area contributed by atoms with Crippen LogP contribution in [0, 0.1) is 5.95 Å². The molecule has 0 spiro atoms. The third kappa shape index (κ3) is 1.98. The minimum atomic E-state index is -1.61. The van der Waals surface area contributed by atoms with Crippen LogP contribution in [0.25, 0.3) is 0 Å². The van der Waals surface area contributed by atoms with Crippen LogP contribution in [0.2, 0.25) is 0 Å². The molecule has 0 saturated carbocycles. The fourth-order valence-electron chi connectivity index (χ4n) is 0.577. The van der Waals surface area contributed by atoms with Crippen LogP contribution in [0.4, 0.5) is 4.39 Å². The lowest BCUT2D eigenvalue weighted by Gasteiger charge is -1.98. The first-order chi connectivity index (χ1) is 5.11. The first-order valence-electron chi connectivity index (χ1n) is 2.78. The van der Waals surface area contributed by atoms with Crippen LogP contribution in [0.5, 0.6) is 0 Å². The summed E-state index contributed by atoms with van der Waals surface area (Å²) in [6.45, 7) is 0. The predicted octanol–water partition coefficient (Wildman–Crippen LogP) is -0.337. The second kappa shape index (κ2) is 3.29. The fourth-order valence-corrected chi connectivity index (χ4v) is 0.944. The molecule has 58 valence electrons. The van der Waals surface area contributed by atoms with Crippen molar-refractivity contribution >= 4 is 28.5 Å². The molecular formula is C5H4BBrFNO2. The fraction of sp³-hybridized carbons (Fsp3) is 0. The Morgan fingerprint density at radius 1 is 1.55 bits per heavy atom. The second-order valence-electron chi connectivity index (χ2n) is 1.91. The number of hydrogen-bond acceptors (Lipinski definition) is 3. The van der Waals surface area contributed by atoms with Gasteiger partial charge < -0.3 is 10.0 Å². The molecular weight excluding hydrogens is 216 g/mol. The van der Waals surface area contributed by atoms with Crippen molar-refractivity contribution < 1.29 is 14.4 Å². The van der Waals surface area contributed by atoms with Gasteiger partial charge in [0.1, 0.15) is 0 Å². The first-order valence-corrected chi connectivity index (χ1v) is 3.57. The molecule has 0 aromatic carbocycles. The summed E-state index contributed by atoms with van der Waals surface area (Å²) in [6, 6.07) is 1.26. The zero-order chi connectivity index (χ0) is 8.43. The maximum Gasteiger partial charge on any atom is 0.490 e. The summed E-state index contributed by atoms with van der Waals surface area (Å²) < 4.78 is 12.6. The van der Waals surface area contributed by atoms with Crippen molar-refractivity contribution in [1.82, 2.24) is 4.98 Å². The van der Waals surface area contributed by atoms with Gasteiger partial charge in [0.25, 0.3) is 0 Å². The summed E-state index contributed by atoms with van der Waals surface area (Å²) >= 11 is 2.85. The van der Waals surface area contributed by atoms with Crippen LogP contribution in [-0.4, -0.2) is 22.2 Å². The summed E-state index contributed by atoms with van der Waals surface area (Å²) in [5.74, 6) is -0.672. The van der Waals surface area contributed by atoms with Gasteiger partial charge in [-0.15, -0.1) is 0 Å². The lowest BCUT2D eigenvalue weighted by atomic mass is 9.82. The van der Waals surface area contributed by atoms with Gasteiger partial charge in [0, 0.05) is 11.7 Å². The van der Waals surface area contributed by atoms with Crippen molar-refractivity contribution in [2.24, 2.45) is 0 Å². The van der Waals surface area contributed by atoms with Crippen molar-refractivity contribution in [3.63, 3.8) is 0 Å². The molecule has 0 radical (unpaired) electrons. The average molecular weight is 220 g/mol. The molecule has 3 nitrogen and oxygen atoms in total. The maximum absolute atomic E-state index is 12.4. The van der Waals surface area contributed by atoms with E-state index in [1.807, 2.05) is 0 Å². The Hall–Kier alpha value is -0.455. The van der Waals surface area contributed by atoms with Crippen molar-refractivity contribution in [3.8, 4) is 0 Å². The van der Waals surface area contributed by atoms with E-state index in [2.05, 4.69) is 20.9 Å². The Labute approximate surface area is 71.2 Å². The smallest absolute Gasteiger partial charge is 0.423 e. The first kappa shape index (κ1) is 8.64. The zero-order valence-corrected chi connectivity index (χ0v) is 6.92. The third-order valence-electron chi connectivity index (χ3n) is 1.12. The molecule has 0 aliphatic rings. The Bertz CT molecular complexity index is 271. The van der Waals surface area contributed by atoms with Crippen LogP contribution in [0.1, 0.15) is 0 Å². The molecule has 1 rings (SSSR count). The van der Waals surface area contributed by atoms with Crippen LogP contribution >= 0.6 is 15.9 Å². The normalized spacial score (nSPS) is 9.82. The Balaban J connectivity index is 3.05. The van der Waals surface area contributed by atoms with Gasteiger partial charge in [-0.05, 0) is 22.0 Å². The zero-order valence-electron chi connectivity index (χ0n) is 5.33. The van der Waals surface area contributed by atoms with Gasteiger partial charge in [-0.2, -0.15) is 4.39 Å². The number of rotatable bonds is 1. The van der Waals surface area contributed by atoms with Crippen LogP contribution in [-0.2, 0) is 0 Å². The number of pyridine rings is 1. The third-order valence-corrected chi connectivity index (χ3v) is 1.67. The van der Waals surface area contributed by atoms with E-state index >= 15 is 0 Å². The van der Waals surface area contributed by atoms with E-state index in [1.54, 1.807) is 0 Å². The summed E-state index contributed by atoms with van der Waals surface area (Å²) in [6.07, 6.45) is 1.06. The molecule has 0 amide bonds. The van der Waals surface area contributed by atoms with Crippen molar-refractivity contribution in [2.75, 3.05) is 0 Å². The highest BCUT2D eigenvalue weighted by molar-refractivity contribution is 9.10. The molecule has 0 aliphatic heterocycles. The van der Waals surface area contributed by atoms with Crippen LogP contribution in [0.3, 0.4) is 0 Å². The SMILES string of the molecule is OB(O)c1cnc(F)c(Br)c1. The number of aromatic nitrogens is 1. The van der Waals surface area contributed by atoms with Gasteiger partial charge in [-0.3, -0.25) is 0 Å².